The molecule has 7 heteroatoms. The van der Waals surface area contributed by atoms with Crippen LogP contribution in [0.25, 0.3) is 11.2 Å². The lowest BCUT2D eigenvalue weighted by molar-refractivity contribution is -0.282. The Morgan fingerprint density at radius 3 is 2.73 bits per heavy atom. The highest BCUT2D eigenvalue weighted by Gasteiger charge is 2.63. The molecule has 2 saturated carbocycles. The Kier molecular flexibility index (Phi) is 4.60. The summed E-state index contributed by atoms with van der Waals surface area (Å²) in [6.07, 6.45) is 14.6. The topological polar surface area (TPSA) is 74.1 Å². The van der Waals surface area contributed by atoms with E-state index in [0.29, 0.717) is 19.1 Å². The summed E-state index contributed by atoms with van der Waals surface area (Å²) >= 11 is 0. The summed E-state index contributed by atoms with van der Waals surface area (Å²) in [6.45, 7) is 13.9. The third-order valence-electron chi connectivity index (χ3n) is 9.31. The number of fused-ring (bicyclic) bond motifs is 2. The van der Waals surface area contributed by atoms with Gasteiger partial charge in [-0.3, -0.25) is 0 Å². The number of imidazole rings is 1. The summed E-state index contributed by atoms with van der Waals surface area (Å²) in [7, 11) is 0. The Morgan fingerprint density at radius 2 is 1.91 bits per heavy atom. The minimum atomic E-state index is -0.431. The van der Waals surface area contributed by atoms with E-state index < -0.39 is 5.79 Å². The van der Waals surface area contributed by atoms with Crippen molar-refractivity contribution in [2.75, 3.05) is 18.5 Å². The van der Waals surface area contributed by atoms with Gasteiger partial charge in [-0.15, -0.1) is 0 Å². The Balaban J connectivity index is 1.34. The third kappa shape index (κ3) is 2.98. The third-order valence-corrected chi connectivity index (χ3v) is 9.31. The maximum absolute atomic E-state index is 6.36. The number of nitrogens with one attached hydrogen (secondary N) is 1. The van der Waals surface area contributed by atoms with Crippen molar-refractivity contribution < 1.29 is 9.47 Å². The lowest BCUT2D eigenvalue weighted by Gasteiger charge is -2.61. The Labute approximate surface area is 195 Å². The second-order valence-electron chi connectivity index (χ2n) is 11.2. The van der Waals surface area contributed by atoms with Gasteiger partial charge in [-0.05, 0) is 44.9 Å². The molecule has 0 amide bonds. The van der Waals surface area contributed by atoms with Gasteiger partial charge in [0.2, 0.25) is 0 Å². The molecule has 2 aromatic heterocycles. The fraction of sp³-hybridized carbons (Fsp3) is 0.654. The van der Waals surface area contributed by atoms with E-state index in [9.17, 15) is 0 Å². The SMILES string of the molecule is C=C1CC[C@]2(C)[C@H](CCCC23OCCO3)[C@@]1(C)/C=C/[C@@]1(C)CCn2cnc3ncnc(c32)N1. The highest BCUT2D eigenvalue weighted by atomic mass is 16.7. The molecular weight excluding hydrogens is 414 g/mol. The number of allylic oxidation sites excluding steroid dienone is 2. The van der Waals surface area contributed by atoms with E-state index in [4.69, 9.17) is 9.47 Å². The largest absolute Gasteiger partial charge is 0.359 e. The van der Waals surface area contributed by atoms with Crippen LogP contribution in [0.15, 0.2) is 37.0 Å². The first-order valence-electron chi connectivity index (χ1n) is 12.4. The van der Waals surface area contributed by atoms with E-state index in [-0.39, 0.29) is 16.4 Å². The van der Waals surface area contributed by atoms with Gasteiger partial charge in [0.1, 0.15) is 11.8 Å². The van der Waals surface area contributed by atoms with Crippen LogP contribution in [0.4, 0.5) is 5.82 Å². The van der Waals surface area contributed by atoms with Gasteiger partial charge in [-0.1, -0.05) is 38.2 Å². The summed E-state index contributed by atoms with van der Waals surface area (Å²) in [5, 5.41) is 3.71. The fourth-order valence-corrected chi connectivity index (χ4v) is 7.16. The lowest BCUT2D eigenvalue weighted by Crippen LogP contribution is -2.60. The van der Waals surface area contributed by atoms with Gasteiger partial charge in [0.25, 0.3) is 0 Å². The zero-order valence-corrected chi connectivity index (χ0v) is 20.1. The molecule has 176 valence electrons. The van der Waals surface area contributed by atoms with Gasteiger partial charge in [-0.2, -0.15) is 0 Å². The highest BCUT2D eigenvalue weighted by molar-refractivity contribution is 5.83. The maximum Gasteiger partial charge on any atom is 0.182 e. The average Bonchev–Trinajstić information content (AvgIpc) is 3.41. The zero-order valence-electron chi connectivity index (χ0n) is 20.1. The molecule has 4 heterocycles. The van der Waals surface area contributed by atoms with Crippen molar-refractivity contribution in [3.05, 3.63) is 37.0 Å². The van der Waals surface area contributed by atoms with Crippen molar-refractivity contribution in [2.24, 2.45) is 16.7 Å². The number of aromatic nitrogens is 4. The second-order valence-corrected chi connectivity index (χ2v) is 11.2. The fourth-order valence-electron chi connectivity index (χ4n) is 7.16. The maximum atomic E-state index is 6.36. The van der Waals surface area contributed by atoms with Gasteiger partial charge < -0.3 is 19.4 Å². The summed E-state index contributed by atoms with van der Waals surface area (Å²) in [5.41, 5.74) is 2.71. The van der Waals surface area contributed by atoms with Crippen molar-refractivity contribution in [1.82, 2.24) is 19.5 Å². The molecule has 2 aliphatic carbocycles. The Morgan fingerprint density at radius 1 is 1.09 bits per heavy atom. The predicted octanol–water partition coefficient (Wildman–Crippen LogP) is 4.86. The second kappa shape index (κ2) is 7.12. The molecule has 2 aliphatic heterocycles. The first-order valence-corrected chi connectivity index (χ1v) is 12.4. The van der Waals surface area contributed by atoms with Crippen LogP contribution in [0.2, 0.25) is 0 Å². The minimum absolute atomic E-state index is 0.0113. The Bertz CT molecular complexity index is 1130. The number of ether oxygens (including phenoxy) is 2. The van der Waals surface area contributed by atoms with Crippen LogP contribution in [0.3, 0.4) is 0 Å². The molecule has 1 N–H and O–H groups in total. The number of aryl methyl sites for hydroxylation is 1. The van der Waals surface area contributed by atoms with Crippen molar-refractivity contribution in [1.29, 1.82) is 0 Å². The summed E-state index contributed by atoms with van der Waals surface area (Å²) < 4.78 is 14.9. The van der Waals surface area contributed by atoms with Crippen LogP contribution in [0.5, 0.6) is 0 Å². The molecule has 7 nitrogen and oxygen atoms in total. The molecule has 0 unspecified atom stereocenters. The molecule has 1 spiro atoms. The van der Waals surface area contributed by atoms with E-state index in [2.05, 4.69) is 64.3 Å². The number of hydrogen-bond donors (Lipinski definition) is 1. The minimum Gasteiger partial charge on any atom is -0.359 e. The molecule has 0 bridgehead atoms. The molecule has 1 saturated heterocycles. The van der Waals surface area contributed by atoms with Gasteiger partial charge in [0.05, 0.1) is 25.1 Å². The molecule has 0 radical (unpaired) electrons. The van der Waals surface area contributed by atoms with Crippen molar-refractivity contribution in [2.45, 2.75) is 77.2 Å². The zero-order chi connectivity index (χ0) is 22.9. The predicted molar refractivity (Wildman–Crippen MR) is 128 cm³/mol. The highest BCUT2D eigenvalue weighted by Crippen LogP contribution is 2.65. The van der Waals surface area contributed by atoms with Gasteiger partial charge >= 0.3 is 0 Å². The monoisotopic (exact) mass is 449 g/mol. The van der Waals surface area contributed by atoms with Crippen molar-refractivity contribution >= 4 is 17.0 Å². The first-order chi connectivity index (χ1) is 15.8. The molecule has 4 aliphatic rings. The molecule has 0 aromatic carbocycles. The van der Waals surface area contributed by atoms with Gasteiger partial charge in [0, 0.05) is 23.8 Å². The summed E-state index contributed by atoms with van der Waals surface area (Å²) in [5.74, 6) is 0.857. The van der Waals surface area contributed by atoms with Crippen LogP contribution in [-0.4, -0.2) is 44.1 Å². The van der Waals surface area contributed by atoms with Crippen molar-refractivity contribution in [3.8, 4) is 0 Å². The number of nitrogens with zero attached hydrogens (tertiary/aromatic N) is 4. The standard InChI is InChI=1S/C26H35N5O2/c1-18-7-9-25(4)19(6-5-8-26(25)32-14-15-33-26)24(18,3)11-10-23(2)12-13-31-17-29-21-20(31)22(30-23)28-16-27-21/h10-11,16-17,19H,1,5-9,12-15H2,2-4H3,(H,27,28,30)/b11-10+/t19-,23+,24+,25-/m1/s1. The average molecular weight is 450 g/mol. The van der Waals surface area contributed by atoms with Crippen molar-refractivity contribution in [3.63, 3.8) is 0 Å². The quantitative estimate of drug-likeness (QED) is 0.660. The van der Waals surface area contributed by atoms with Crippen LogP contribution in [-0.2, 0) is 16.0 Å². The molecule has 3 fully saturated rings. The normalized spacial score (nSPS) is 37.9. The lowest BCUT2D eigenvalue weighted by atomic mass is 9.47. The van der Waals surface area contributed by atoms with Crippen LogP contribution < -0.4 is 5.32 Å². The Hall–Kier alpha value is -2.25. The molecule has 6 rings (SSSR count). The summed E-state index contributed by atoms with van der Waals surface area (Å²) in [4.78, 5) is 13.3. The van der Waals surface area contributed by atoms with E-state index >= 15 is 0 Å². The number of anilines is 1. The first kappa shape index (κ1) is 21.3. The number of rotatable bonds is 2. The van der Waals surface area contributed by atoms with Crippen LogP contribution >= 0.6 is 0 Å². The van der Waals surface area contributed by atoms with E-state index in [1.807, 2.05) is 6.33 Å². The molecule has 33 heavy (non-hydrogen) atoms. The smallest absolute Gasteiger partial charge is 0.182 e. The molecular formula is C26H35N5O2. The van der Waals surface area contributed by atoms with Crippen LogP contribution in [0, 0.1) is 16.7 Å². The van der Waals surface area contributed by atoms with E-state index in [1.54, 1.807) is 6.33 Å². The van der Waals surface area contributed by atoms with Gasteiger partial charge in [-0.25, -0.2) is 15.0 Å². The van der Waals surface area contributed by atoms with Crippen LogP contribution in [0.1, 0.15) is 59.3 Å². The van der Waals surface area contributed by atoms with Gasteiger partial charge in [0.15, 0.2) is 17.3 Å². The van der Waals surface area contributed by atoms with E-state index in [1.165, 1.54) is 12.0 Å². The number of hydrogen-bond acceptors (Lipinski definition) is 6. The molecule has 2 aromatic rings. The summed E-state index contributed by atoms with van der Waals surface area (Å²) in [6, 6.07) is 0. The molecule has 4 atom stereocenters. The van der Waals surface area contributed by atoms with E-state index in [0.717, 1.165) is 55.6 Å².